The summed E-state index contributed by atoms with van der Waals surface area (Å²) in [6, 6.07) is -0.523. The van der Waals surface area contributed by atoms with Gasteiger partial charge >= 0.3 is 12.1 Å². The Bertz CT molecular complexity index is 468. The Kier molecular flexibility index (Phi) is 6.02. The maximum Gasteiger partial charge on any atom is 0.408 e. The second-order valence-corrected chi connectivity index (χ2v) is 7.46. The summed E-state index contributed by atoms with van der Waals surface area (Å²) >= 11 is 0. The van der Waals surface area contributed by atoms with Crippen molar-refractivity contribution in [3.05, 3.63) is 0 Å². The molecule has 0 bridgehead atoms. The number of rotatable bonds is 4. The molecule has 132 valence electrons. The minimum absolute atomic E-state index is 0.0831. The molecule has 7 heteroatoms. The zero-order valence-electron chi connectivity index (χ0n) is 14.9. The van der Waals surface area contributed by atoms with E-state index in [0.29, 0.717) is 13.0 Å². The van der Waals surface area contributed by atoms with Crippen molar-refractivity contribution >= 4 is 18.0 Å². The van der Waals surface area contributed by atoms with Crippen molar-refractivity contribution in [2.75, 3.05) is 13.7 Å². The second-order valence-electron chi connectivity index (χ2n) is 7.46. The van der Waals surface area contributed by atoms with E-state index in [1.165, 1.54) is 12.0 Å². The van der Waals surface area contributed by atoms with Gasteiger partial charge in [0.2, 0.25) is 5.91 Å². The highest BCUT2D eigenvalue weighted by molar-refractivity contribution is 5.86. The SMILES string of the molecule is COC(=O)C1CCCN1C(=O)CC(C)(C)NC(=O)OC(C)(C)C. The Labute approximate surface area is 137 Å². The first-order chi connectivity index (χ1) is 10.4. The molecule has 1 unspecified atom stereocenters. The predicted octanol–water partition coefficient (Wildman–Crippen LogP) is 1.84. The molecule has 0 spiro atoms. The van der Waals surface area contributed by atoms with Crippen molar-refractivity contribution in [1.29, 1.82) is 0 Å². The summed E-state index contributed by atoms with van der Waals surface area (Å²) in [5.41, 5.74) is -1.38. The number of hydrogen-bond donors (Lipinski definition) is 1. The van der Waals surface area contributed by atoms with Crippen LogP contribution in [0.3, 0.4) is 0 Å². The van der Waals surface area contributed by atoms with E-state index in [-0.39, 0.29) is 12.3 Å². The molecule has 1 N–H and O–H groups in total. The Morgan fingerprint density at radius 1 is 1.17 bits per heavy atom. The van der Waals surface area contributed by atoms with Gasteiger partial charge in [0.1, 0.15) is 11.6 Å². The zero-order valence-corrected chi connectivity index (χ0v) is 14.9. The molecule has 0 saturated carbocycles. The van der Waals surface area contributed by atoms with Gasteiger partial charge in [-0.1, -0.05) is 0 Å². The molecule has 0 aromatic rings. The van der Waals surface area contributed by atoms with Crippen molar-refractivity contribution < 1.29 is 23.9 Å². The fourth-order valence-electron chi connectivity index (χ4n) is 2.55. The van der Waals surface area contributed by atoms with Gasteiger partial charge in [0.05, 0.1) is 7.11 Å². The van der Waals surface area contributed by atoms with Crippen molar-refractivity contribution in [3.63, 3.8) is 0 Å². The molecule has 1 saturated heterocycles. The van der Waals surface area contributed by atoms with Gasteiger partial charge in [-0.2, -0.15) is 0 Å². The number of nitrogens with zero attached hydrogens (tertiary/aromatic N) is 1. The van der Waals surface area contributed by atoms with Crippen LogP contribution in [0.25, 0.3) is 0 Å². The number of likely N-dealkylation sites (tertiary alicyclic amines) is 1. The molecule has 0 aromatic carbocycles. The van der Waals surface area contributed by atoms with Gasteiger partial charge in [0, 0.05) is 18.5 Å². The Hall–Kier alpha value is -1.79. The van der Waals surface area contributed by atoms with Crippen LogP contribution in [0.5, 0.6) is 0 Å². The Morgan fingerprint density at radius 2 is 1.78 bits per heavy atom. The van der Waals surface area contributed by atoms with E-state index in [4.69, 9.17) is 9.47 Å². The van der Waals surface area contributed by atoms with E-state index >= 15 is 0 Å². The van der Waals surface area contributed by atoms with Crippen LogP contribution in [0.4, 0.5) is 4.79 Å². The number of carbonyl (C=O) groups excluding carboxylic acids is 3. The molecule has 1 rings (SSSR count). The number of ether oxygens (including phenoxy) is 2. The van der Waals surface area contributed by atoms with Crippen molar-refractivity contribution in [1.82, 2.24) is 10.2 Å². The molecule has 1 atom stereocenters. The molecule has 0 radical (unpaired) electrons. The molecule has 23 heavy (non-hydrogen) atoms. The minimum atomic E-state index is -0.775. The van der Waals surface area contributed by atoms with Gasteiger partial charge in [-0.25, -0.2) is 9.59 Å². The third-order valence-electron chi connectivity index (χ3n) is 3.48. The van der Waals surface area contributed by atoms with Crippen LogP contribution in [0.15, 0.2) is 0 Å². The largest absolute Gasteiger partial charge is 0.467 e. The van der Waals surface area contributed by atoms with E-state index in [1.54, 1.807) is 34.6 Å². The highest BCUT2D eigenvalue weighted by Gasteiger charge is 2.37. The van der Waals surface area contributed by atoms with Gasteiger partial charge in [-0.05, 0) is 47.5 Å². The average molecular weight is 328 g/mol. The first-order valence-electron chi connectivity index (χ1n) is 7.84. The number of hydrogen-bond acceptors (Lipinski definition) is 5. The normalized spacial score (nSPS) is 18.5. The summed E-state index contributed by atoms with van der Waals surface area (Å²) in [5, 5.41) is 2.70. The summed E-state index contributed by atoms with van der Waals surface area (Å²) in [6.45, 7) is 9.35. The van der Waals surface area contributed by atoms with Crippen LogP contribution < -0.4 is 5.32 Å². The fourth-order valence-corrected chi connectivity index (χ4v) is 2.55. The van der Waals surface area contributed by atoms with Crippen LogP contribution in [-0.2, 0) is 19.1 Å². The molecule has 0 aliphatic carbocycles. The first kappa shape index (κ1) is 19.3. The van der Waals surface area contributed by atoms with Gasteiger partial charge in [0.25, 0.3) is 0 Å². The number of methoxy groups -OCH3 is 1. The number of alkyl carbamates (subject to hydrolysis) is 1. The fraction of sp³-hybridized carbons (Fsp3) is 0.812. The van der Waals surface area contributed by atoms with E-state index in [9.17, 15) is 14.4 Å². The smallest absolute Gasteiger partial charge is 0.408 e. The maximum atomic E-state index is 12.5. The first-order valence-corrected chi connectivity index (χ1v) is 7.84. The second kappa shape index (κ2) is 7.19. The van der Waals surface area contributed by atoms with Crippen molar-refractivity contribution in [2.45, 2.75) is 71.1 Å². The molecule has 7 nitrogen and oxygen atoms in total. The molecular weight excluding hydrogens is 300 g/mol. The third kappa shape index (κ3) is 6.08. The molecular formula is C16H28N2O5. The van der Waals surface area contributed by atoms with E-state index in [2.05, 4.69) is 5.32 Å². The molecule has 1 aliphatic heterocycles. The molecule has 1 aliphatic rings. The van der Waals surface area contributed by atoms with E-state index < -0.39 is 29.2 Å². The highest BCUT2D eigenvalue weighted by atomic mass is 16.6. The van der Waals surface area contributed by atoms with E-state index in [1.807, 2.05) is 0 Å². The third-order valence-corrected chi connectivity index (χ3v) is 3.48. The minimum Gasteiger partial charge on any atom is -0.467 e. The standard InChI is InChI=1S/C16H28N2O5/c1-15(2,3)23-14(21)17-16(4,5)10-12(19)18-9-7-8-11(18)13(20)22-6/h11H,7-10H2,1-6H3,(H,17,21). The summed E-state index contributed by atoms with van der Waals surface area (Å²) in [5.74, 6) is -0.576. The summed E-state index contributed by atoms with van der Waals surface area (Å²) in [7, 11) is 1.32. The zero-order chi connectivity index (χ0) is 17.8. The maximum absolute atomic E-state index is 12.5. The number of amides is 2. The molecule has 1 heterocycles. The number of carbonyl (C=O) groups is 3. The summed E-state index contributed by atoms with van der Waals surface area (Å²) < 4.78 is 9.95. The van der Waals surface area contributed by atoms with Gasteiger partial charge < -0.3 is 19.7 Å². The van der Waals surface area contributed by atoms with Crippen LogP contribution in [-0.4, -0.2) is 53.7 Å². The van der Waals surface area contributed by atoms with Crippen LogP contribution in [0, 0.1) is 0 Å². The lowest BCUT2D eigenvalue weighted by atomic mass is 9.99. The Balaban J connectivity index is 2.64. The average Bonchev–Trinajstić information content (AvgIpc) is 2.82. The van der Waals surface area contributed by atoms with Crippen LogP contribution in [0.1, 0.15) is 53.9 Å². The molecule has 0 aromatic heterocycles. The number of esters is 1. The summed E-state index contributed by atoms with van der Waals surface area (Å²) in [4.78, 5) is 37.6. The predicted molar refractivity (Wildman–Crippen MR) is 84.8 cm³/mol. The van der Waals surface area contributed by atoms with Crippen molar-refractivity contribution in [2.24, 2.45) is 0 Å². The lowest BCUT2D eigenvalue weighted by molar-refractivity contribution is -0.151. The van der Waals surface area contributed by atoms with Crippen molar-refractivity contribution in [3.8, 4) is 0 Å². The highest BCUT2D eigenvalue weighted by Crippen LogP contribution is 2.22. The lowest BCUT2D eigenvalue weighted by Crippen LogP contribution is -2.50. The quantitative estimate of drug-likeness (QED) is 0.796. The Morgan fingerprint density at radius 3 is 2.30 bits per heavy atom. The van der Waals surface area contributed by atoms with Gasteiger partial charge in [-0.3, -0.25) is 4.79 Å². The van der Waals surface area contributed by atoms with Crippen LogP contribution >= 0.6 is 0 Å². The van der Waals surface area contributed by atoms with Gasteiger partial charge in [0.15, 0.2) is 0 Å². The molecule has 1 fully saturated rings. The lowest BCUT2D eigenvalue weighted by Gasteiger charge is -2.31. The van der Waals surface area contributed by atoms with E-state index in [0.717, 1.165) is 6.42 Å². The topological polar surface area (TPSA) is 84.9 Å². The summed E-state index contributed by atoms with van der Waals surface area (Å²) in [6.07, 6.45) is 0.894. The monoisotopic (exact) mass is 328 g/mol. The molecule has 2 amide bonds. The van der Waals surface area contributed by atoms with Crippen LogP contribution in [0.2, 0.25) is 0 Å². The van der Waals surface area contributed by atoms with Gasteiger partial charge in [-0.15, -0.1) is 0 Å². The number of nitrogens with one attached hydrogen (secondary N) is 1.